The quantitative estimate of drug-likeness (QED) is 0.859. The molecule has 0 spiro atoms. The van der Waals surface area contributed by atoms with Gasteiger partial charge in [0, 0.05) is 6.04 Å². The highest BCUT2D eigenvalue weighted by Gasteiger charge is 2.32. The fraction of sp³-hybridized carbons (Fsp3) is 0.385. The normalized spacial score (nSPS) is 12.9. The van der Waals surface area contributed by atoms with Gasteiger partial charge in [0.15, 0.2) is 0 Å². The summed E-state index contributed by atoms with van der Waals surface area (Å²) in [5.41, 5.74) is -0.615. The molecule has 0 saturated carbocycles. The van der Waals surface area contributed by atoms with Crippen LogP contribution in [0.4, 0.5) is 4.39 Å². The fourth-order valence-electron chi connectivity index (χ4n) is 1.77. The van der Waals surface area contributed by atoms with Crippen molar-refractivity contribution in [2.45, 2.75) is 31.2 Å². The van der Waals surface area contributed by atoms with Crippen molar-refractivity contribution in [3.05, 3.63) is 29.6 Å². The fourth-order valence-corrected chi connectivity index (χ4v) is 3.58. The molecule has 0 aliphatic heterocycles. The highest BCUT2D eigenvalue weighted by Crippen LogP contribution is 2.24. The maximum atomic E-state index is 13.6. The number of nitrogens with zero attached hydrogens (tertiary/aromatic N) is 2. The lowest BCUT2D eigenvalue weighted by Crippen LogP contribution is -2.42. The maximum absolute atomic E-state index is 13.6. The number of carbonyl (C=O) groups is 1. The van der Waals surface area contributed by atoms with Gasteiger partial charge in [-0.1, -0.05) is 13.0 Å². The molecular formula is C13H15FN2O4S. The van der Waals surface area contributed by atoms with E-state index >= 15 is 0 Å². The molecule has 1 unspecified atom stereocenters. The Labute approximate surface area is 122 Å². The lowest BCUT2D eigenvalue weighted by atomic mass is 10.2. The van der Waals surface area contributed by atoms with Gasteiger partial charge in [-0.3, -0.25) is 4.79 Å². The Balaban J connectivity index is 3.47. The van der Waals surface area contributed by atoms with Crippen molar-refractivity contribution >= 4 is 16.0 Å². The van der Waals surface area contributed by atoms with Crippen LogP contribution in [0.1, 0.15) is 25.8 Å². The van der Waals surface area contributed by atoms with Gasteiger partial charge in [0.25, 0.3) is 0 Å². The number of rotatable bonds is 6. The minimum absolute atomic E-state index is 0.379. The molecule has 8 heteroatoms. The van der Waals surface area contributed by atoms with Crippen LogP contribution in [0.5, 0.6) is 0 Å². The van der Waals surface area contributed by atoms with E-state index in [1.807, 2.05) is 0 Å². The van der Waals surface area contributed by atoms with Crippen LogP contribution in [0, 0.1) is 17.1 Å². The topological polar surface area (TPSA) is 98.5 Å². The van der Waals surface area contributed by atoms with Gasteiger partial charge in [0.05, 0.1) is 0 Å². The average molecular weight is 314 g/mol. The first-order valence-corrected chi connectivity index (χ1v) is 7.62. The second-order valence-corrected chi connectivity index (χ2v) is 6.29. The number of hydrogen-bond acceptors (Lipinski definition) is 4. The van der Waals surface area contributed by atoms with Crippen molar-refractivity contribution < 1.29 is 22.7 Å². The number of benzene rings is 1. The van der Waals surface area contributed by atoms with Gasteiger partial charge >= 0.3 is 5.97 Å². The van der Waals surface area contributed by atoms with E-state index in [-0.39, 0.29) is 0 Å². The molecule has 114 valence electrons. The molecule has 0 radical (unpaired) electrons. The molecule has 0 amide bonds. The zero-order valence-electron chi connectivity index (χ0n) is 11.6. The first-order chi connectivity index (χ1) is 9.75. The van der Waals surface area contributed by atoms with Crippen LogP contribution in [-0.4, -0.2) is 36.4 Å². The van der Waals surface area contributed by atoms with E-state index < -0.39 is 44.9 Å². The molecule has 0 bridgehead atoms. The van der Waals surface area contributed by atoms with Gasteiger partial charge in [-0.25, -0.2) is 12.8 Å². The van der Waals surface area contributed by atoms with Crippen LogP contribution in [0.15, 0.2) is 23.1 Å². The number of nitriles is 1. The SMILES string of the molecule is CCC(C)N(CC(=O)O)S(=O)(=O)c1cccc(F)c1C#N. The van der Waals surface area contributed by atoms with Crippen molar-refractivity contribution in [3.8, 4) is 6.07 Å². The highest BCUT2D eigenvalue weighted by molar-refractivity contribution is 7.89. The monoisotopic (exact) mass is 314 g/mol. The molecule has 1 aromatic carbocycles. The largest absolute Gasteiger partial charge is 0.480 e. The van der Waals surface area contributed by atoms with Gasteiger partial charge in [0.1, 0.15) is 28.9 Å². The van der Waals surface area contributed by atoms with Crippen LogP contribution < -0.4 is 0 Å². The summed E-state index contributed by atoms with van der Waals surface area (Å²) in [7, 11) is -4.28. The van der Waals surface area contributed by atoms with Gasteiger partial charge < -0.3 is 5.11 Å². The van der Waals surface area contributed by atoms with Crippen molar-refractivity contribution in [2.24, 2.45) is 0 Å². The van der Waals surface area contributed by atoms with Crippen molar-refractivity contribution in [3.63, 3.8) is 0 Å². The number of sulfonamides is 1. The van der Waals surface area contributed by atoms with E-state index in [4.69, 9.17) is 10.4 Å². The van der Waals surface area contributed by atoms with Crippen LogP contribution >= 0.6 is 0 Å². The predicted molar refractivity (Wildman–Crippen MR) is 72.4 cm³/mol. The molecule has 0 fully saturated rings. The number of aliphatic carboxylic acids is 1. The molecule has 21 heavy (non-hydrogen) atoms. The summed E-state index contributed by atoms with van der Waals surface area (Å²) in [6, 6.07) is 4.14. The Bertz CT molecular complexity index is 682. The Hall–Kier alpha value is -1.98. The second kappa shape index (κ2) is 6.65. The van der Waals surface area contributed by atoms with Crippen molar-refractivity contribution in [1.29, 1.82) is 5.26 Å². The van der Waals surface area contributed by atoms with Gasteiger partial charge in [-0.2, -0.15) is 9.57 Å². The Morgan fingerprint density at radius 3 is 2.62 bits per heavy atom. The summed E-state index contributed by atoms with van der Waals surface area (Å²) >= 11 is 0. The van der Waals surface area contributed by atoms with E-state index in [1.54, 1.807) is 13.8 Å². The molecule has 1 N–H and O–H groups in total. The van der Waals surface area contributed by atoms with Crippen LogP contribution in [0.25, 0.3) is 0 Å². The third kappa shape index (κ3) is 3.56. The van der Waals surface area contributed by atoms with Crippen molar-refractivity contribution in [2.75, 3.05) is 6.54 Å². The maximum Gasteiger partial charge on any atom is 0.318 e. The number of carboxylic acids is 1. The van der Waals surface area contributed by atoms with Gasteiger partial charge in [-0.05, 0) is 25.5 Å². The Morgan fingerprint density at radius 1 is 1.52 bits per heavy atom. The predicted octanol–water partition coefficient (Wildman–Crippen LogP) is 1.57. The smallest absolute Gasteiger partial charge is 0.318 e. The Kier molecular flexibility index (Phi) is 5.41. The van der Waals surface area contributed by atoms with Crippen LogP contribution in [0.2, 0.25) is 0 Å². The molecule has 0 saturated heterocycles. The minimum Gasteiger partial charge on any atom is -0.480 e. The second-order valence-electron chi connectivity index (χ2n) is 4.43. The van der Waals surface area contributed by atoms with E-state index in [9.17, 15) is 17.6 Å². The summed E-state index contributed by atoms with van der Waals surface area (Å²) < 4.78 is 39.4. The molecule has 0 aromatic heterocycles. The molecule has 0 aliphatic rings. The standard InChI is InChI=1S/C13H15FN2O4S/c1-3-9(2)16(8-13(17)18)21(19,20)12-6-4-5-11(14)10(12)7-15/h4-6,9H,3,8H2,1-2H3,(H,17,18). The molecule has 0 heterocycles. The number of halogens is 1. The summed E-state index contributed by atoms with van der Waals surface area (Å²) in [6.45, 7) is 2.50. The summed E-state index contributed by atoms with van der Waals surface area (Å²) in [5, 5.41) is 17.8. The van der Waals surface area contributed by atoms with E-state index in [1.165, 1.54) is 12.1 Å². The number of hydrogen-bond donors (Lipinski definition) is 1. The highest BCUT2D eigenvalue weighted by atomic mass is 32.2. The minimum atomic E-state index is -4.28. The zero-order valence-corrected chi connectivity index (χ0v) is 12.4. The summed E-state index contributed by atoms with van der Waals surface area (Å²) in [6.07, 6.45) is 0.379. The third-order valence-electron chi connectivity index (χ3n) is 3.05. The van der Waals surface area contributed by atoms with E-state index in [0.717, 1.165) is 16.4 Å². The zero-order chi connectivity index (χ0) is 16.2. The van der Waals surface area contributed by atoms with Crippen LogP contribution in [0.3, 0.4) is 0 Å². The number of carboxylic acid groups (broad SMARTS) is 1. The van der Waals surface area contributed by atoms with Crippen LogP contribution in [-0.2, 0) is 14.8 Å². The third-order valence-corrected chi connectivity index (χ3v) is 5.05. The molecule has 1 rings (SSSR count). The molecule has 6 nitrogen and oxygen atoms in total. The first kappa shape index (κ1) is 17.1. The lowest BCUT2D eigenvalue weighted by molar-refractivity contribution is -0.137. The lowest BCUT2D eigenvalue weighted by Gasteiger charge is -2.26. The van der Waals surface area contributed by atoms with Gasteiger partial charge in [0.2, 0.25) is 10.0 Å². The van der Waals surface area contributed by atoms with Crippen molar-refractivity contribution in [1.82, 2.24) is 4.31 Å². The van der Waals surface area contributed by atoms with E-state index in [0.29, 0.717) is 6.42 Å². The summed E-state index contributed by atoms with van der Waals surface area (Å²) in [5.74, 6) is -2.29. The molecule has 0 aliphatic carbocycles. The molecular weight excluding hydrogens is 299 g/mol. The molecule has 1 aromatic rings. The molecule has 1 atom stereocenters. The average Bonchev–Trinajstić information content (AvgIpc) is 2.43. The summed E-state index contributed by atoms with van der Waals surface area (Å²) in [4.78, 5) is 10.4. The van der Waals surface area contributed by atoms with E-state index in [2.05, 4.69) is 0 Å². The van der Waals surface area contributed by atoms with Gasteiger partial charge in [-0.15, -0.1) is 0 Å². The Morgan fingerprint density at radius 2 is 2.14 bits per heavy atom. The first-order valence-electron chi connectivity index (χ1n) is 6.18.